The maximum Gasteiger partial charge on any atom is 0.0741 e. The van der Waals surface area contributed by atoms with E-state index in [4.69, 9.17) is 4.74 Å². The average molecular weight is 311 g/mol. The van der Waals surface area contributed by atoms with Gasteiger partial charge in [-0.15, -0.1) is 0 Å². The number of ether oxygens (including phenoxy) is 1. The van der Waals surface area contributed by atoms with E-state index in [2.05, 4.69) is 49.7 Å². The Labute approximate surface area is 119 Å². The molecule has 0 aliphatic carbocycles. The molecule has 1 saturated heterocycles. The Bertz CT molecular complexity index is 407. The van der Waals surface area contributed by atoms with E-state index >= 15 is 0 Å². The minimum absolute atomic E-state index is 0.330. The van der Waals surface area contributed by atoms with Gasteiger partial charge in [-0.3, -0.25) is 0 Å². The van der Waals surface area contributed by atoms with Crippen molar-refractivity contribution in [2.75, 3.05) is 6.61 Å². The van der Waals surface area contributed by atoms with Crippen LogP contribution in [0.15, 0.2) is 6.07 Å². The highest BCUT2D eigenvalue weighted by atomic mass is 79.9. The van der Waals surface area contributed by atoms with E-state index in [1.807, 2.05) is 0 Å². The highest BCUT2D eigenvalue weighted by Crippen LogP contribution is 2.38. The van der Waals surface area contributed by atoms with E-state index in [0.29, 0.717) is 10.9 Å². The van der Waals surface area contributed by atoms with Crippen molar-refractivity contribution < 1.29 is 4.74 Å². The van der Waals surface area contributed by atoms with Crippen LogP contribution in [0.2, 0.25) is 0 Å². The van der Waals surface area contributed by atoms with Gasteiger partial charge < -0.3 is 4.74 Å². The topological polar surface area (TPSA) is 9.23 Å². The van der Waals surface area contributed by atoms with Crippen LogP contribution in [-0.4, -0.2) is 12.7 Å². The fraction of sp³-hybridized carbons (Fsp3) is 0.625. The average Bonchev–Trinajstić information content (AvgIpc) is 2.37. The second-order valence-corrected chi connectivity index (χ2v) is 6.47. The van der Waals surface area contributed by atoms with Gasteiger partial charge in [0.05, 0.1) is 10.9 Å². The zero-order chi connectivity index (χ0) is 13.3. The van der Waals surface area contributed by atoms with Crippen molar-refractivity contribution in [2.24, 2.45) is 0 Å². The van der Waals surface area contributed by atoms with Gasteiger partial charge in [0.2, 0.25) is 0 Å². The number of halogens is 1. The quantitative estimate of drug-likeness (QED) is 0.704. The van der Waals surface area contributed by atoms with Gasteiger partial charge in [-0.1, -0.05) is 22.0 Å². The van der Waals surface area contributed by atoms with Crippen molar-refractivity contribution in [3.63, 3.8) is 0 Å². The molecule has 2 unspecified atom stereocenters. The summed E-state index contributed by atoms with van der Waals surface area (Å²) < 4.78 is 5.94. The molecule has 1 aliphatic rings. The minimum Gasteiger partial charge on any atom is -0.377 e. The molecule has 1 aromatic rings. The molecule has 2 rings (SSSR count). The van der Waals surface area contributed by atoms with E-state index in [9.17, 15) is 0 Å². The summed E-state index contributed by atoms with van der Waals surface area (Å²) in [5.74, 6) is 0. The summed E-state index contributed by atoms with van der Waals surface area (Å²) in [5, 5.41) is 0. The Kier molecular flexibility index (Phi) is 4.50. The molecule has 0 amide bonds. The van der Waals surface area contributed by atoms with Crippen molar-refractivity contribution >= 4 is 15.9 Å². The van der Waals surface area contributed by atoms with Crippen LogP contribution in [0, 0.1) is 27.7 Å². The number of aryl methyl sites for hydroxylation is 2. The molecular weight excluding hydrogens is 288 g/mol. The third-order valence-electron chi connectivity index (χ3n) is 4.24. The summed E-state index contributed by atoms with van der Waals surface area (Å²) in [6.07, 6.45) is 4.00. The molecule has 1 aliphatic heterocycles. The van der Waals surface area contributed by atoms with Crippen molar-refractivity contribution in [1.29, 1.82) is 0 Å². The fourth-order valence-corrected chi connectivity index (χ4v) is 3.95. The monoisotopic (exact) mass is 310 g/mol. The standard InChI is InChI=1S/C16H23BrO/c1-10-9-11(2)13(4)15(12(10)3)16(17)14-7-5-6-8-18-14/h9,14,16H,5-8H2,1-4H3. The van der Waals surface area contributed by atoms with Gasteiger partial charge in [-0.05, 0) is 74.8 Å². The first-order valence-corrected chi connectivity index (χ1v) is 7.77. The second kappa shape index (κ2) is 5.75. The number of rotatable bonds is 2. The zero-order valence-electron chi connectivity index (χ0n) is 11.8. The Hall–Kier alpha value is -0.340. The van der Waals surface area contributed by atoms with E-state index in [1.54, 1.807) is 0 Å². The minimum atomic E-state index is 0.330. The van der Waals surface area contributed by atoms with E-state index in [1.165, 1.54) is 47.1 Å². The number of benzene rings is 1. The van der Waals surface area contributed by atoms with Gasteiger partial charge in [0.15, 0.2) is 0 Å². The summed E-state index contributed by atoms with van der Waals surface area (Å²) in [6.45, 7) is 9.78. The Morgan fingerprint density at radius 1 is 1.11 bits per heavy atom. The SMILES string of the molecule is Cc1cc(C)c(C)c(C(Br)C2CCCCO2)c1C. The van der Waals surface area contributed by atoms with Crippen LogP contribution in [-0.2, 0) is 4.74 Å². The van der Waals surface area contributed by atoms with Crippen LogP contribution in [0.4, 0.5) is 0 Å². The summed E-state index contributed by atoms with van der Waals surface area (Å²) in [5.41, 5.74) is 7.03. The van der Waals surface area contributed by atoms with Gasteiger partial charge in [0, 0.05) is 6.61 Å². The van der Waals surface area contributed by atoms with Crippen LogP contribution < -0.4 is 0 Å². The van der Waals surface area contributed by atoms with Crippen molar-refractivity contribution in [3.8, 4) is 0 Å². The zero-order valence-corrected chi connectivity index (χ0v) is 13.4. The van der Waals surface area contributed by atoms with E-state index in [-0.39, 0.29) is 0 Å². The third kappa shape index (κ3) is 2.65. The number of hydrogen-bond donors (Lipinski definition) is 0. The molecule has 0 spiro atoms. The van der Waals surface area contributed by atoms with Crippen molar-refractivity contribution in [2.45, 2.75) is 57.9 Å². The highest BCUT2D eigenvalue weighted by Gasteiger charge is 2.26. The molecule has 0 N–H and O–H groups in total. The molecule has 1 heterocycles. The van der Waals surface area contributed by atoms with Gasteiger partial charge in [-0.25, -0.2) is 0 Å². The largest absolute Gasteiger partial charge is 0.377 e. The van der Waals surface area contributed by atoms with Crippen LogP contribution in [0.3, 0.4) is 0 Å². The molecule has 1 nitrogen and oxygen atoms in total. The van der Waals surface area contributed by atoms with Crippen LogP contribution in [0.5, 0.6) is 0 Å². The molecule has 100 valence electrons. The molecular formula is C16H23BrO. The predicted molar refractivity (Wildman–Crippen MR) is 80.6 cm³/mol. The number of alkyl halides is 1. The normalized spacial score (nSPS) is 21.9. The summed E-state index contributed by atoms with van der Waals surface area (Å²) >= 11 is 3.89. The Morgan fingerprint density at radius 2 is 1.72 bits per heavy atom. The lowest BCUT2D eigenvalue weighted by Crippen LogP contribution is -2.24. The molecule has 0 radical (unpaired) electrons. The highest BCUT2D eigenvalue weighted by molar-refractivity contribution is 9.09. The van der Waals surface area contributed by atoms with E-state index in [0.717, 1.165) is 6.61 Å². The van der Waals surface area contributed by atoms with E-state index < -0.39 is 0 Å². The molecule has 2 heteroatoms. The fourth-order valence-electron chi connectivity index (χ4n) is 2.84. The maximum atomic E-state index is 5.94. The van der Waals surface area contributed by atoms with Crippen molar-refractivity contribution in [3.05, 3.63) is 33.9 Å². The maximum absolute atomic E-state index is 5.94. The Balaban J connectivity index is 2.37. The lowest BCUT2D eigenvalue weighted by molar-refractivity contribution is 0.0159. The first-order valence-electron chi connectivity index (χ1n) is 6.85. The molecule has 0 bridgehead atoms. The lowest BCUT2D eigenvalue weighted by Gasteiger charge is -2.30. The van der Waals surface area contributed by atoms with Gasteiger partial charge >= 0.3 is 0 Å². The Morgan fingerprint density at radius 3 is 2.22 bits per heavy atom. The molecule has 2 atom stereocenters. The molecule has 0 saturated carbocycles. The summed E-state index contributed by atoms with van der Waals surface area (Å²) in [7, 11) is 0. The van der Waals surface area contributed by atoms with Crippen LogP contribution >= 0.6 is 15.9 Å². The predicted octanol–water partition coefficient (Wildman–Crippen LogP) is 4.93. The summed E-state index contributed by atoms with van der Waals surface area (Å²) in [6, 6.07) is 2.29. The van der Waals surface area contributed by atoms with Gasteiger partial charge in [0.1, 0.15) is 0 Å². The first-order chi connectivity index (χ1) is 8.52. The smallest absolute Gasteiger partial charge is 0.0741 e. The van der Waals surface area contributed by atoms with Crippen LogP contribution in [0.1, 0.15) is 51.9 Å². The number of hydrogen-bond acceptors (Lipinski definition) is 1. The molecule has 1 fully saturated rings. The van der Waals surface area contributed by atoms with Crippen LogP contribution in [0.25, 0.3) is 0 Å². The molecule has 1 aromatic carbocycles. The van der Waals surface area contributed by atoms with Gasteiger partial charge in [-0.2, -0.15) is 0 Å². The first kappa shape index (κ1) is 14.1. The summed E-state index contributed by atoms with van der Waals surface area (Å²) in [4.78, 5) is 0.330. The third-order valence-corrected chi connectivity index (χ3v) is 5.29. The second-order valence-electron chi connectivity index (χ2n) is 5.48. The van der Waals surface area contributed by atoms with Gasteiger partial charge in [0.25, 0.3) is 0 Å². The molecule has 18 heavy (non-hydrogen) atoms. The molecule has 0 aromatic heterocycles. The lowest BCUT2D eigenvalue weighted by atomic mass is 9.89. The van der Waals surface area contributed by atoms with Crippen molar-refractivity contribution in [1.82, 2.24) is 0 Å².